The van der Waals surface area contributed by atoms with Gasteiger partial charge in [-0.3, -0.25) is 9.78 Å². The number of nitrogens with one attached hydrogen (secondary N) is 1. The molecule has 1 aromatic heterocycles. The van der Waals surface area contributed by atoms with Gasteiger partial charge in [-0.05, 0) is 31.0 Å². The Hall–Kier alpha value is -1.90. The van der Waals surface area contributed by atoms with Crippen molar-refractivity contribution in [1.29, 1.82) is 0 Å². The Bertz CT molecular complexity index is 900. The van der Waals surface area contributed by atoms with Gasteiger partial charge in [0.1, 0.15) is 0 Å². The number of amides is 1. The maximum Gasteiger partial charge on any atom is 0.416 e. The van der Waals surface area contributed by atoms with Crippen LogP contribution in [0.3, 0.4) is 0 Å². The Balaban J connectivity index is 1.83. The molecule has 4 nitrogen and oxygen atoms in total. The first-order chi connectivity index (χ1) is 13.0. The van der Waals surface area contributed by atoms with Gasteiger partial charge in [-0.25, -0.2) is 4.39 Å². The first-order valence-corrected chi connectivity index (χ1v) is 8.95. The summed E-state index contributed by atoms with van der Waals surface area (Å²) >= 11 is 11.7. The molecule has 0 spiro atoms. The van der Waals surface area contributed by atoms with Crippen LogP contribution in [0.25, 0.3) is 0 Å². The maximum absolute atomic E-state index is 15.5. The number of hydrogen-bond acceptors (Lipinski definition) is 3. The minimum atomic E-state index is -4.63. The largest absolute Gasteiger partial charge is 0.416 e. The summed E-state index contributed by atoms with van der Waals surface area (Å²) in [6, 6.07) is 4.19. The first-order valence-electron chi connectivity index (χ1n) is 8.20. The van der Waals surface area contributed by atoms with E-state index < -0.39 is 29.4 Å². The van der Waals surface area contributed by atoms with E-state index in [2.05, 4.69) is 10.3 Å². The van der Waals surface area contributed by atoms with Crippen LogP contribution in [0, 0.1) is 0 Å². The Morgan fingerprint density at radius 3 is 2.57 bits per heavy atom. The molecule has 1 amide bonds. The predicted molar refractivity (Wildman–Crippen MR) is 94.5 cm³/mol. The Morgan fingerprint density at radius 2 is 1.96 bits per heavy atom. The number of benzene rings is 1. The van der Waals surface area contributed by atoms with Gasteiger partial charge < -0.3 is 10.4 Å². The number of carbonyl (C=O) groups excluding carboxylic acids is 1. The highest BCUT2D eigenvalue weighted by molar-refractivity contribution is 6.36. The van der Waals surface area contributed by atoms with Crippen LogP contribution < -0.4 is 5.32 Å². The van der Waals surface area contributed by atoms with Crippen LogP contribution in [-0.2, 0) is 23.2 Å². The molecule has 1 heterocycles. The second-order valence-corrected chi connectivity index (χ2v) is 7.21. The van der Waals surface area contributed by atoms with E-state index in [0.29, 0.717) is 12.1 Å². The van der Waals surface area contributed by atoms with Crippen LogP contribution in [0.4, 0.5) is 17.6 Å². The van der Waals surface area contributed by atoms with E-state index in [4.69, 9.17) is 23.2 Å². The highest BCUT2D eigenvalue weighted by Gasteiger charge is 2.46. The van der Waals surface area contributed by atoms with Gasteiger partial charge in [-0.15, -0.1) is 0 Å². The average molecular weight is 437 g/mol. The molecule has 0 fully saturated rings. The van der Waals surface area contributed by atoms with Crippen molar-refractivity contribution in [3.63, 3.8) is 0 Å². The number of aromatic nitrogens is 1. The quantitative estimate of drug-likeness (QED) is 0.684. The highest BCUT2D eigenvalue weighted by atomic mass is 35.5. The number of pyridine rings is 1. The van der Waals surface area contributed by atoms with E-state index in [-0.39, 0.29) is 46.3 Å². The number of alkyl halides is 4. The highest BCUT2D eigenvalue weighted by Crippen LogP contribution is 2.42. The number of aliphatic hydroxyl groups excluding tert-OH is 1. The number of rotatable bonds is 3. The maximum atomic E-state index is 15.5. The Morgan fingerprint density at radius 1 is 1.32 bits per heavy atom. The summed E-state index contributed by atoms with van der Waals surface area (Å²) in [5.41, 5.74) is -3.39. The van der Waals surface area contributed by atoms with Crippen molar-refractivity contribution in [1.82, 2.24) is 10.3 Å². The zero-order chi connectivity index (χ0) is 20.7. The molecule has 3 rings (SSSR count). The van der Waals surface area contributed by atoms with Crippen molar-refractivity contribution in [2.75, 3.05) is 0 Å². The van der Waals surface area contributed by atoms with Crippen molar-refractivity contribution in [2.45, 2.75) is 37.3 Å². The Kier molecular flexibility index (Phi) is 5.58. The van der Waals surface area contributed by atoms with E-state index in [9.17, 15) is 23.1 Å². The summed E-state index contributed by atoms with van der Waals surface area (Å²) in [6.07, 6.45) is -4.50. The van der Waals surface area contributed by atoms with Crippen LogP contribution in [0.1, 0.15) is 41.3 Å². The van der Waals surface area contributed by atoms with Crippen molar-refractivity contribution in [2.24, 2.45) is 0 Å². The van der Waals surface area contributed by atoms with E-state index in [1.165, 1.54) is 18.3 Å². The van der Waals surface area contributed by atoms with Gasteiger partial charge in [-0.1, -0.05) is 29.3 Å². The molecule has 0 saturated heterocycles. The van der Waals surface area contributed by atoms with Gasteiger partial charge in [0, 0.05) is 33.9 Å². The molecule has 0 radical (unpaired) electrons. The van der Waals surface area contributed by atoms with Gasteiger partial charge in [0.2, 0.25) is 5.67 Å². The van der Waals surface area contributed by atoms with Gasteiger partial charge >= 0.3 is 6.18 Å². The van der Waals surface area contributed by atoms with E-state index in [0.717, 1.165) is 0 Å². The summed E-state index contributed by atoms with van der Waals surface area (Å²) in [5, 5.41) is 11.7. The van der Waals surface area contributed by atoms with Crippen LogP contribution in [0.5, 0.6) is 0 Å². The second kappa shape index (κ2) is 7.50. The molecule has 1 aromatic carbocycles. The lowest BCUT2D eigenvalue weighted by molar-refractivity contribution is -0.138. The summed E-state index contributed by atoms with van der Waals surface area (Å²) in [4.78, 5) is 16.5. The standard InChI is InChI=1S/C18H14Cl2F4N2O2/c19-12-6-9(18(22,23)24)7-13(20)10(12)8-26-16(28)17(21)4-3-14(27)15-11(17)2-1-5-25-15/h1-2,5-7,14,27H,3-4,8H2,(H,26,28)/t14-,17+/m0/s1. The SMILES string of the molecule is O=C(NCc1c(Cl)cc(C(F)(F)F)cc1Cl)[C@@]1(F)CC[C@H](O)c2ncccc21. The van der Waals surface area contributed by atoms with Crippen LogP contribution in [0.2, 0.25) is 10.0 Å². The third kappa shape index (κ3) is 3.81. The lowest BCUT2D eigenvalue weighted by Crippen LogP contribution is -2.44. The minimum absolute atomic E-state index is 0.00424. The number of fused-ring (bicyclic) bond motifs is 1. The molecule has 1 aliphatic rings. The van der Waals surface area contributed by atoms with Gasteiger partial charge in [-0.2, -0.15) is 13.2 Å². The fraction of sp³-hybridized carbons (Fsp3) is 0.333. The average Bonchev–Trinajstić information content (AvgIpc) is 2.63. The molecule has 2 N–H and O–H groups in total. The molecule has 28 heavy (non-hydrogen) atoms. The second-order valence-electron chi connectivity index (χ2n) is 6.39. The predicted octanol–water partition coefficient (Wildman–Crippen LogP) is 4.72. The van der Waals surface area contributed by atoms with Crippen molar-refractivity contribution < 1.29 is 27.5 Å². The topological polar surface area (TPSA) is 62.2 Å². The normalized spacial score (nSPS) is 21.9. The monoisotopic (exact) mass is 436 g/mol. The van der Waals surface area contributed by atoms with Crippen molar-refractivity contribution in [3.05, 3.63) is 62.9 Å². The number of halogens is 6. The number of hydrogen-bond donors (Lipinski definition) is 2. The molecule has 1 aliphatic carbocycles. The molecule has 0 aliphatic heterocycles. The molecule has 150 valence electrons. The number of carbonyl (C=O) groups is 1. The molecule has 2 atom stereocenters. The van der Waals surface area contributed by atoms with E-state index >= 15 is 4.39 Å². The van der Waals surface area contributed by atoms with Gasteiger partial charge in [0.15, 0.2) is 0 Å². The van der Waals surface area contributed by atoms with E-state index in [1.54, 1.807) is 0 Å². The lowest BCUT2D eigenvalue weighted by atomic mass is 9.81. The lowest BCUT2D eigenvalue weighted by Gasteiger charge is -2.32. The van der Waals surface area contributed by atoms with Crippen LogP contribution in [-0.4, -0.2) is 16.0 Å². The fourth-order valence-electron chi connectivity index (χ4n) is 3.11. The zero-order valence-corrected chi connectivity index (χ0v) is 15.7. The third-order valence-electron chi connectivity index (χ3n) is 4.60. The van der Waals surface area contributed by atoms with Crippen LogP contribution in [0.15, 0.2) is 30.5 Å². The summed E-state index contributed by atoms with van der Waals surface area (Å²) in [5.74, 6) is -1.01. The van der Waals surface area contributed by atoms with Gasteiger partial charge in [0.05, 0.1) is 17.4 Å². The summed E-state index contributed by atoms with van der Waals surface area (Å²) in [6.45, 7) is -0.363. The zero-order valence-electron chi connectivity index (χ0n) is 14.2. The molecule has 2 aromatic rings. The van der Waals surface area contributed by atoms with Gasteiger partial charge in [0.25, 0.3) is 5.91 Å². The minimum Gasteiger partial charge on any atom is -0.387 e. The van der Waals surface area contributed by atoms with Crippen LogP contribution >= 0.6 is 23.2 Å². The molecule has 10 heteroatoms. The van der Waals surface area contributed by atoms with Crippen molar-refractivity contribution >= 4 is 29.1 Å². The Labute approximate surface area is 167 Å². The van der Waals surface area contributed by atoms with E-state index in [1.807, 2.05) is 0 Å². The van der Waals surface area contributed by atoms with Crippen molar-refractivity contribution in [3.8, 4) is 0 Å². The molecule has 0 unspecified atom stereocenters. The molecular formula is C18H14Cl2F4N2O2. The first kappa shape index (κ1) is 20.8. The number of aliphatic hydroxyl groups is 1. The third-order valence-corrected chi connectivity index (χ3v) is 5.27. The molecule has 0 saturated carbocycles. The smallest absolute Gasteiger partial charge is 0.387 e. The summed E-state index contributed by atoms with van der Waals surface area (Å²) in [7, 11) is 0. The fourth-order valence-corrected chi connectivity index (χ4v) is 3.73. The molecular weight excluding hydrogens is 423 g/mol. The molecule has 0 bridgehead atoms. The summed E-state index contributed by atoms with van der Waals surface area (Å²) < 4.78 is 53.9. The number of nitrogens with zero attached hydrogens (tertiary/aromatic N) is 1.